The minimum atomic E-state index is -3.83. The Morgan fingerprint density at radius 3 is 2.52 bits per heavy atom. The lowest BCUT2D eigenvalue weighted by molar-refractivity contribution is 0.0205. The van der Waals surface area contributed by atoms with E-state index in [9.17, 15) is 13.2 Å². The first-order chi connectivity index (χ1) is 22.6. The molecule has 4 heterocycles. The third-order valence-electron chi connectivity index (χ3n) is 8.64. The predicted molar refractivity (Wildman–Crippen MR) is 187 cm³/mol. The molecule has 5 rings (SSSR count). The van der Waals surface area contributed by atoms with Gasteiger partial charge in [-0.1, -0.05) is 25.5 Å². The summed E-state index contributed by atoms with van der Waals surface area (Å²) < 4.78 is 65.8. The lowest BCUT2D eigenvalue weighted by atomic mass is 10.00. The van der Waals surface area contributed by atoms with Crippen molar-refractivity contribution in [2.75, 3.05) is 35.5 Å². The minimum absolute atomic E-state index is 0.0894. The average Bonchev–Trinajstić information content (AvgIpc) is 3.30. The second-order valence-electron chi connectivity index (χ2n) is 13.5. The third-order valence-corrected chi connectivity index (χ3v) is 10.1. The Morgan fingerprint density at radius 1 is 1.15 bits per heavy atom. The Kier molecular flexibility index (Phi) is 10.0. The molecule has 0 aliphatic carbocycles. The number of likely N-dealkylation sites (tertiary alicyclic amines) is 1. The van der Waals surface area contributed by atoms with Gasteiger partial charge >= 0.3 is 6.09 Å². The quantitative estimate of drug-likeness (QED) is 0.267. The van der Waals surface area contributed by atoms with Gasteiger partial charge in [0.15, 0.2) is 5.82 Å². The second-order valence-corrected chi connectivity index (χ2v) is 15.3. The molecule has 2 aliphatic rings. The van der Waals surface area contributed by atoms with E-state index >= 15 is 8.78 Å². The fourth-order valence-corrected chi connectivity index (χ4v) is 7.03. The maximum absolute atomic E-state index is 16.1. The van der Waals surface area contributed by atoms with Crippen molar-refractivity contribution in [2.45, 2.75) is 72.4 Å². The Labute approximate surface area is 281 Å². The first-order valence-corrected chi connectivity index (χ1v) is 17.9. The molecule has 258 valence electrons. The number of anilines is 2. The van der Waals surface area contributed by atoms with E-state index in [0.29, 0.717) is 54.8 Å². The molecule has 0 radical (unpaired) electrons. The van der Waals surface area contributed by atoms with Crippen LogP contribution in [0.1, 0.15) is 66.4 Å². The first-order valence-electron chi connectivity index (χ1n) is 16.2. The minimum Gasteiger partial charge on any atom is -0.444 e. The van der Waals surface area contributed by atoms with Gasteiger partial charge in [-0.05, 0) is 71.2 Å². The van der Waals surface area contributed by atoms with Crippen molar-refractivity contribution in [2.24, 2.45) is 10.9 Å². The zero-order valence-electron chi connectivity index (χ0n) is 28.5. The number of nitrogens with one attached hydrogen (secondary N) is 1. The zero-order valence-corrected chi connectivity index (χ0v) is 29.4. The van der Waals surface area contributed by atoms with E-state index in [1.54, 1.807) is 36.4 Å². The molecule has 0 bridgehead atoms. The van der Waals surface area contributed by atoms with Crippen molar-refractivity contribution in [3.8, 4) is 5.69 Å². The van der Waals surface area contributed by atoms with Gasteiger partial charge in [-0.15, -0.1) is 0 Å². The van der Waals surface area contributed by atoms with Crippen molar-refractivity contribution in [3.63, 3.8) is 0 Å². The lowest BCUT2D eigenvalue weighted by Crippen LogP contribution is -2.47. The highest BCUT2D eigenvalue weighted by atomic mass is 32.2. The number of allylic oxidation sites excluding steroid dienone is 3. The molecule has 1 atom stereocenters. The second kappa shape index (κ2) is 13.7. The molecule has 2 aliphatic heterocycles. The van der Waals surface area contributed by atoms with Gasteiger partial charge in [-0.2, -0.15) is 0 Å². The zero-order chi connectivity index (χ0) is 35.0. The van der Waals surface area contributed by atoms with E-state index in [2.05, 4.69) is 14.6 Å². The summed E-state index contributed by atoms with van der Waals surface area (Å²) in [6.45, 7) is 12.3. The number of ether oxygens (including phenoxy) is 1. The van der Waals surface area contributed by atoms with Gasteiger partial charge in [0, 0.05) is 61.8 Å². The van der Waals surface area contributed by atoms with Crippen LogP contribution >= 0.6 is 0 Å². The summed E-state index contributed by atoms with van der Waals surface area (Å²) in [5.41, 5.74) is 1.98. The van der Waals surface area contributed by atoms with Crippen LogP contribution in [-0.2, 0) is 14.8 Å². The molecular weight excluding hydrogens is 638 g/mol. The summed E-state index contributed by atoms with van der Waals surface area (Å²) in [5.74, 6) is -1.35. The van der Waals surface area contributed by atoms with Gasteiger partial charge in [0.1, 0.15) is 22.9 Å². The Bertz CT molecular complexity index is 1900. The number of halogens is 2. The van der Waals surface area contributed by atoms with Crippen molar-refractivity contribution < 1.29 is 26.7 Å². The molecule has 1 aromatic carbocycles. The van der Waals surface area contributed by atoms with E-state index in [4.69, 9.17) is 9.72 Å². The normalized spacial score (nSPS) is 17.6. The fraction of sp³-hybridized carbons (Fsp3) is 0.457. The Morgan fingerprint density at radius 2 is 1.85 bits per heavy atom. The smallest absolute Gasteiger partial charge is 0.410 e. The maximum Gasteiger partial charge on any atom is 0.410 e. The number of carbonyl (C=O) groups excluding carboxylic acids is 1. The molecule has 1 amide bonds. The number of amides is 1. The number of rotatable bonds is 8. The largest absolute Gasteiger partial charge is 0.444 e. The highest BCUT2D eigenvalue weighted by Crippen LogP contribution is 2.36. The number of benzene rings is 1. The Balaban J connectivity index is 1.56. The summed E-state index contributed by atoms with van der Waals surface area (Å²) in [4.78, 5) is 25.9. The highest BCUT2D eigenvalue weighted by Gasteiger charge is 2.30. The van der Waals surface area contributed by atoms with Crippen molar-refractivity contribution in [3.05, 3.63) is 65.5 Å². The van der Waals surface area contributed by atoms with Crippen LogP contribution in [0.15, 0.2) is 53.3 Å². The molecule has 1 N–H and O–H groups in total. The first kappa shape index (κ1) is 35.1. The van der Waals surface area contributed by atoms with Gasteiger partial charge in [-0.3, -0.25) is 9.71 Å². The number of hydrogen-bond donors (Lipinski definition) is 1. The van der Waals surface area contributed by atoms with Crippen LogP contribution in [0, 0.1) is 17.6 Å². The van der Waals surface area contributed by atoms with Crippen LogP contribution < -0.4 is 9.62 Å². The van der Waals surface area contributed by atoms with Crippen molar-refractivity contribution in [1.29, 1.82) is 0 Å². The average molecular weight is 683 g/mol. The van der Waals surface area contributed by atoms with Crippen LogP contribution in [0.2, 0.25) is 0 Å². The number of pyridine rings is 1. The summed E-state index contributed by atoms with van der Waals surface area (Å²) in [7, 11) is -1.88. The predicted octanol–water partition coefficient (Wildman–Crippen LogP) is 7.30. The number of carbonyl (C=O) groups is 1. The standard InChI is InChI=1S/C35H44F2N6O4S/c1-8-17-48(45,46)40-28-10-9-27(36)33(31(28)37)43-21-26(24-18-22(2)23(3)19-38-20-24)32-29(43)11-12-30(39-32)41(7)25-13-15-42(16-14-25)34(44)47-35(4,5)6/h9-12,18-21,23,25,40H,8,13-17H2,1-7H3. The molecule has 1 unspecified atom stereocenters. The van der Waals surface area contributed by atoms with Gasteiger partial charge in [0.05, 0.1) is 22.5 Å². The van der Waals surface area contributed by atoms with Crippen LogP contribution in [0.5, 0.6) is 0 Å². The molecule has 10 nitrogen and oxygen atoms in total. The van der Waals surface area contributed by atoms with Gasteiger partial charge < -0.3 is 19.1 Å². The topological polar surface area (TPSA) is 109 Å². The third kappa shape index (κ3) is 7.56. The summed E-state index contributed by atoms with van der Waals surface area (Å²) in [6, 6.07) is 5.79. The monoisotopic (exact) mass is 682 g/mol. The molecule has 0 saturated carbocycles. The molecule has 13 heteroatoms. The van der Waals surface area contributed by atoms with Crippen molar-refractivity contribution >= 4 is 50.4 Å². The van der Waals surface area contributed by atoms with Gasteiger partial charge in [0.25, 0.3) is 0 Å². The van der Waals surface area contributed by atoms with E-state index in [1.165, 1.54) is 4.57 Å². The highest BCUT2D eigenvalue weighted by molar-refractivity contribution is 7.92. The molecule has 3 aromatic rings. The van der Waals surface area contributed by atoms with Crippen LogP contribution in [0.4, 0.5) is 25.1 Å². The number of nitrogens with zero attached hydrogens (tertiary/aromatic N) is 5. The number of piperidine rings is 1. The number of hydrogen-bond acceptors (Lipinski definition) is 7. The Hall–Kier alpha value is -4.26. The lowest BCUT2D eigenvalue weighted by Gasteiger charge is -2.37. The summed E-state index contributed by atoms with van der Waals surface area (Å²) in [5, 5.41) is 0. The molecule has 1 fully saturated rings. The van der Waals surface area contributed by atoms with Gasteiger partial charge in [-0.25, -0.2) is 27.0 Å². The van der Waals surface area contributed by atoms with E-state index in [1.807, 2.05) is 54.0 Å². The number of sulfonamides is 1. The van der Waals surface area contributed by atoms with Crippen LogP contribution in [-0.4, -0.2) is 72.7 Å². The summed E-state index contributed by atoms with van der Waals surface area (Å²) in [6.07, 6.45) is 8.58. The fourth-order valence-electron chi connectivity index (χ4n) is 5.90. The van der Waals surface area contributed by atoms with Crippen LogP contribution in [0.3, 0.4) is 0 Å². The molecule has 0 spiro atoms. The summed E-state index contributed by atoms with van der Waals surface area (Å²) >= 11 is 0. The van der Waals surface area contributed by atoms with Crippen LogP contribution in [0.25, 0.3) is 22.3 Å². The molecular formula is C35H44F2N6O4S. The van der Waals surface area contributed by atoms with E-state index in [-0.39, 0.29) is 29.5 Å². The molecule has 1 saturated heterocycles. The van der Waals surface area contributed by atoms with E-state index in [0.717, 1.165) is 23.3 Å². The SMILES string of the molecule is CCCS(=O)(=O)Nc1ccc(F)c(-n2cc(C3=CN=CC(C)C(C)=C3)c3nc(N(C)C4CCN(C(=O)OC(C)(C)C)CC4)ccc32)c1F. The number of aliphatic imine (C=N–C) groups is 1. The molecule has 48 heavy (non-hydrogen) atoms. The van der Waals surface area contributed by atoms with Crippen molar-refractivity contribution in [1.82, 2.24) is 14.5 Å². The number of fused-ring (bicyclic) bond motifs is 1. The molecule has 2 aromatic heterocycles. The van der Waals surface area contributed by atoms with Gasteiger partial charge in [0.2, 0.25) is 10.0 Å². The maximum atomic E-state index is 16.1. The number of aromatic nitrogens is 2. The van der Waals surface area contributed by atoms with E-state index < -0.39 is 32.9 Å².